The van der Waals surface area contributed by atoms with E-state index in [2.05, 4.69) is 5.32 Å². The van der Waals surface area contributed by atoms with Crippen LogP contribution in [0, 0.1) is 0 Å². The normalized spacial score (nSPS) is 16.6. The second kappa shape index (κ2) is 8.43. The molecule has 4 atom stereocenters. The van der Waals surface area contributed by atoms with Crippen LogP contribution in [0.2, 0.25) is 0 Å². The summed E-state index contributed by atoms with van der Waals surface area (Å²) in [5.74, 6) is -3.35. The zero-order chi connectivity index (χ0) is 15.9. The van der Waals surface area contributed by atoms with Crippen molar-refractivity contribution in [3.8, 4) is 0 Å². The summed E-state index contributed by atoms with van der Waals surface area (Å²) in [4.78, 5) is 33.7. The van der Waals surface area contributed by atoms with Gasteiger partial charge in [0.25, 0.3) is 0 Å². The van der Waals surface area contributed by atoms with Crippen molar-refractivity contribution in [1.29, 1.82) is 0 Å². The standard InChI is InChI=1S/C10H19N3O7/c1-4(16)7(11)9(18)12-5(2-14)8(17)13-6(3-15)10(19)20/h4-7,14-16H,2-3,11H2,1H3,(H,12,18)(H,13,17)(H,19,20)/t4-,5+,6+,7+/m1/s1. The number of aliphatic carboxylic acids is 1. The first-order chi connectivity index (χ1) is 9.24. The lowest BCUT2D eigenvalue weighted by Gasteiger charge is -2.21. The molecule has 116 valence electrons. The lowest BCUT2D eigenvalue weighted by molar-refractivity contribution is -0.143. The summed E-state index contributed by atoms with van der Waals surface area (Å²) >= 11 is 0. The van der Waals surface area contributed by atoms with Gasteiger partial charge in [-0.1, -0.05) is 0 Å². The molecule has 2 amide bonds. The summed E-state index contributed by atoms with van der Waals surface area (Å²) in [7, 11) is 0. The zero-order valence-electron chi connectivity index (χ0n) is 10.8. The minimum atomic E-state index is -1.56. The Morgan fingerprint density at radius 2 is 1.50 bits per heavy atom. The Balaban J connectivity index is 4.64. The van der Waals surface area contributed by atoms with E-state index in [0.717, 1.165) is 0 Å². The number of carboxylic acids is 1. The Labute approximate surface area is 114 Å². The van der Waals surface area contributed by atoms with Crippen LogP contribution in [0.3, 0.4) is 0 Å². The molecule has 10 heteroatoms. The lowest BCUT2D eigenvalue weighted by Crippen LogP contribution is -2.57. The second-order valence-electron chi connectivity index (χ2n) is 4.09. The average Bonchev–Trinajstić information content (AvgIpc) is 2.39. The predicted octanol–water partition coefficient (Wildman–Crippen LogP) is -4.27. The number of hydrogen-bond acceptors (Lipinski definition) is 7. The van der Waals surface area contributed by atoms with Gasteiger partial charge in [0, 0.05) is 0 Å². The van der Waals surface area contributed by atoms with E-state index in [9.17, 15) is 14.4 Å². The van der Waals surface area contributed by atoms with Gasteiger partial charge in [0.15, 0.2) is 0 Å². The third kappa shape index (κ3) is 5.48. The largest absolute Gasteiger partial charge is 0.480 e. The number of amides is 2. The summed E-state index contributed by atoms with van der Waals surface area (Å²) in [5.41, 5.74) is 5.33. The Bertz CT molecular complexity index is 361. The van der Waals surface area contributed by atoms with E-state index >= 15 is 0 Å². The van der Waals surface area contributed by atoms with Crippen molar-refractivity contribution in [3.63, 3.8) is 0 Å². The summed E-state index contributed by atoms with van der Waals surface area (Å²) in [6.07, 6.45) is -1.17. The number of carbonyl (C=O) groups is 3. The van der Waals surface area contributed by atoms with Crippen molar-refractivity contribution in [1.82, 2.24) is 10.6 Å². The first-order valence-corrected chi connectivity index (χ1v) is 5.73. The van der Waals surface area contributed by atoms with Gasteiger partial charge >= 0.3 is 5.97 Å². The summed E-state index contributed by atoms with van der Waals surface area (Å²) < 4.78 is 0. The smallest absolute Gasteiger partial charge is 0.328 e. The molecule has 0 aliphatic heterocycles. The number of nitrogens with one attached hydrogen (secondary N) is 2. The molecule has 8 N–H and O–H groups in total. The van der Waals surface area contributed by atoms with Gasteiger partial charge in [0.05, 0.1) is 19.3 Å². The lowest BCUT2D eigenvalue weighted by atomic mass is 10.1. The molecule has 0 rings (SSSR count). The van der Waals surface area contributed by atoms with E-state index in [0.29, 0.717) is 0 Å². The monoisotopic (exact) mass is 293 g/mol. The molecule has 20 heavy (non-hydrogen) atoms. The highest BCUT2D eigenvalue weighted by atomic mass is 16.4. The Kier molecular flexibility index (Phi) is 7.69. The van der Waals surface area contributed by atoms with Crippen molar-refractivity contribution in [2.45, 2.75) is 31.2 Å². The Hall–Kier alpha value is -1.75. The third-order valence-corrected chi connectivity index (χ3v) is 2.44. The number of rotatable bonds is 8. The van der Waals surface area contributed by atoms with Crippen LogP contribution in [0.15, 0.2) is 0 Å². The van der Waals surface area contributed by atoms with E-state index in [1.165, 1.54) is 6.92 Å². The molecule has 0 heterocycles. The first-order valence-electron chi connectivity index (χ1n) is 5.73. The van der Waals surface area contributed by atoms with Crippen LogP contribution >= 0.6 is 0 Å². The molecule has 0 aliphatic carbocycles. The fourth-order valence-corrected chi connectivity index (χ4v) is 1.14. The third-order valence-electron chi connectivity index (χ3n) is 2.44. The minimum absolute atomic E-state index is 0.804. The Morgan fingerprint density at radius 1 is 1.05 bits per heavy atom. The maximum absolute atomic E-state index is 11.6. The van der Waals surface area contributed by atoms with Gasteiger partial charge in [-0.3, -0.25) is 9.59 Å². The highest BCUT2D eigenvalue weighted by Gasteiger charge is 2.28. The number of aliphatic hydroxyl groups is 3. The molecule has 0 saturated carbocycles. The van der Waals surface area contributed by atoms with Crippen LogP contribution in [-0.2, 0) is 14.4 Å². The quantitative estimate of drug-likeness (QED) is 0.234. The van der Waals surface area contributed by atoms with Crippen LogP contribution in [0.25, 0.3) is 0 Å². The molecule has 10 nitrogen and oxygen atoms in total. The maximum Gasteiger partial charge on any atom is 0.328 e. The number of carboxylic acid groups (broad SMARTS) is 1. The van der Waals surface area contributed by atoms with Crippen LogP contribution in [-0.4, -0.2) is 75.7 Å². The van der Waals surface area contributed by atoms with Crippen molar-refractivity contribution in [2.24, 2.45) is 5.73 Å². The van der Waals surface area contributed by atoms with Crippen LogP contribution in [0.1, 0.15) is 6.92 Å². The van der Waals surface area contributed by atoms with Crippen molar-refractivity contribution < 1.29 is 34.8 Å². The van der Waals surface area contributed by atoms with E-state index < -0.39 is 55.2 Å². The molecule has 0 aromatic carbocycles. The van der Waals surface area contributed by atoms with Gasteiger partial charge in [-0.25, -0.2) is 4.79 Å². The second-order valence-corrected chi connectivity index (χ2v) is 4.09. The molecule has 0 aliphatic rings. The zero-order valence-corrected chi connectivity index (χ0v) is 10.8. The minimum Gasteiger partial charge on any atom is -0.480 e. The highest BCUT2D eigenvalue weighted by molar-refractivity contribution is 5.92. The Morgan fingerprint density at radius 3 is 1.85 bits per heavy atom. The predicted molar refractivity (Wildman–Crippen MR) is 65.3 cm³/mol. The van der Waals surface area contributed by atoms with Crippen LogP contribution in [0.5, 0.6) is 0 Å². The molecule has 0 aromatic rings. The molecule has 0 bridgehead atoms. The van der Waals surface area contributed by atoms with Gasteiger partial charge in [0.2, 0.25) is 11.8 Å². The van der Waals surface area contributed by atoms with Gasteiger partial charge in [-0.05, 0) is 6.92 Å². The maximum atomic E-state index is 11.6. The molecular weight excluding hydrogens is 274 g/mol. The molecule has 0 saturated heterocycles. The number of hydrogen-bond donors (Lipinski definition) is 7. The molecule has 0 spiro atoms. The SMILES string of the molecule is C[C@@H](O)[C@H](N)C(=O)N[C@@H](CO)C(=O)N[C@@H](CO)C(=O)O. The van der Waals surface area contributed by atoms with Gasteiger partial charge in [-0.2, -0.15) is 0 Å². The van der Waals surface area contributed by atoms with Gasteiger partial charge < -0.3 is 36.8 Å². The van der Waals surface area contributed by atoms with Crippen LogP contribution < -0.4 is 16.4 Å². The fraction of sp³-hybridized carbons (Fsp3) is 0.700. The molecule has 0 unspecified atom stereocenters. The van der Waals surface area contributed by atoms with Crippen LogP contribution in [0.4, 0.5) is 0 Å². The molecule has 0 radical (unpaired) electrons. The van der Waals surface area contributed by atoms with E-state index in [4.69, 9.17) is 26.2 Å². The summed E-state index contributed by atoms with van der Waals surface area (Å²) in [5, 5.41) is 39.5. The van der Waals surface area contributed by atoms with E-state index in [1.807, 2.05) is 5.32 Å². The molecule has 0 fully saturated rings. The number of aliphatic hydroxyl groups excluding tert-OH is 3. The van der Waals surface area contributed by atoms with Crippen molar-refractivity contribution in [2.75, 3.05) is 13.2 Å². The average molecular weight is 293 g/mol. The number of nitrogens with two attached hydrogens (primary N) is 1. The van der Waals surface area contributed by atoms with Gasteiger partial charge in [-0.15, -0.1) is 0 Å². The first kappa shape index (κ1) is 18.2. The van der Waals surface area contributed by atoms with Crippen molar-refractivity contribution in [3.05, 3.63) is 0 Å². The van der Waals surface area contributed by atoms with Gasteiger partial charge in [0.1, 0.15) is 18.1 Å². The number of carbonyl (C=O) groups excluding carboxylic acids is 2. The van der Waals surface area contributed by atoms with E-state index in [1.54, 1.807) is 0 Å². The molecular formula is C10H19N3O7. The topological polar surface area (TPSA) is 182 Å². The summed E-state index contributed by atoms with van der Waals surface area (Å²) in [6, 6.07) is -4.30. The highest BCUT2D eigenvalue weighted by Crippen LogP contribution is 1.93. The van der Waals surface area contributed by atoms with Crippen molar-refractivity contribution >= 4 is 17.8 Å². The molecule has 0 aromatic heterocycles. The fourth-order valence-electron chi connectivity index (χ4n) is 1.14. The van der Waals surface area contributed by atoms with E-state index in [-0.39, 0.29) is 0 Å². The summed E-state index contributed by atoms with van der Waals surface area (Å²) in [6.45, 7) is -0.382.